The van der Waals surface area contributed by atoms with Crippen molar-refractivity contribution in [2.24, 2.45) is 0 Å². The first-order valence-corrected chi connectivity index (χ1v) is 7.43. The molecule has 122 valence electrons. The molecule has 8 nitrogen and oxygen atoms in total. The molecule has 1 N–H and O–H groups in total. The summed E-state index contributed by atoms with van der Waals surface area (Å²) in [5.74, 6) is 2.01. The number of aromatic amines is 1. The number of nitrogens with zero attached hydrogens (tertiary/aromatic N) is 4. The van der Waals surface area contributed by atoms with Gasteiger partial charge in [0, 0.05) is 12.2 Å². The van der Waals surface area contributed by atoms with Gasteiger partial charge in [0.1, 0.15) is 17.7 Å². The molecule has 0 aliphatic carbocycles. The number of pyridine rings is 1. The molecule has 8 heteroatoms. The Morgan fingerprint density at radius 2 is 2.39 bits per heavy atom. The number of ether oxygens (including phenoxy) is 2. The predicted molar refractivity (Wildman–Crippen MR) is 80.9 cm³/mol. The Labute approximate surface area is 133 Å². The quantitative estimate of drug-likeness (QED) is 0.890. The molecule has 0 saturated carbocycles. The number of aryl methyl sites for hydroxylation is 1. The van der Waals surface area contributed by atoms with Gasteiger partial charge >= 0.3 is 0 Å². The molecule has 1 atom stereocenters. The fourth-order valence-corrected chi connectivity index (χ4v) is 2.44. The van der Waals surface area contributed by atoms with Crippen molar-refractivity contribution in [3.05, 3.63) is 35.7 Å². The SMILES string of the molecule is COc1ccc(CC(=O)N2CCOC(c3n[nH]c(C)n3)C2)nc1. The second-order valence-corrected chi connectivity index (χ2v) is 5.34. The Morgan fingerprint density at radius 3 is 3.04 bits per heavy atom. The van der Waals surface area contributed by atoms with E-state index in [9.17, 15) is 4.79 Å². The second kappa shape index (κ2) is 6.74. The van der Waals surface area contributed by atoms with Crippen LogP contribution in [-0.2, 0) is 16.0 Å². The molecule has 1 saturated heterocycles. The highest BCUT2D eigenvalue weighted by molar-refractivity contribution is 5.78. The van der Waals surface area contributed by atoms with E-state index in [0.717, 1.165) is 5.82 Å². The summed E-state index contributed by atoms with van der Waals surface area (Å²) < 4.78 is 10.7. The van der Waals surface area contributed by atoms with Crippen molar-refractivity contribution in [3.8, 4) is 5.75 Å². The average molecular weight is 317 g/mol. The Kier molecular flexibility index (Phi) is 4.52. The monoisotopic (exact) mass is 317 g/mol. The Balaban J connectivity index is 1.62. The summed E-state index contributed by atoms with van der Waals surface area (Å²) in [6.07, 6.45) is 1.58. The Bertz CT molecular complexity index is 670. The van der Waals surface area contributed by atoms with Gasteiger partial charge in [-0.05, 0) is 19.1 Å². The Morgan fingerprint density at radius 1 is 1.52 bits per heavy atom. The van der Waals surface area contributed by atoms with Crippen molar-refractivity contribution >= 4 is 5.91 Å². The molecule has 2 aromatic heterocycles. The number of hydrogen-bond donors (Lipinski definition) is 1. The zero-order valence-corrected chi connectivity index (χ0v) is 13.2. The van der Waals surface area contributed by atoms with Crippen LogP contribution >= 0.6 is 0 Å². The second-order valence-electron chi connectivity index (χ2n) is 5.34. The molecule has 0 bridgehead atoms. The van der Waals surface area contributed by atoms with Crippen LogP contribution in [0.2, 0.25) is 0 Å². The molecule has 3 rings (SSSR count). The molecule has 3 heterocycles. The minimum absolute atomic E-state index is 0.0169. The Hall–Kier alpha value is -2.48. The van der Waals surface area contributed by atoms with E-state index in [1.165, 1.54) is 0 Å². The molecular weight excluding hydrogens is 298 g/mol. The van der Waals surface area contributed by atoms with Crippen molar-refractivity contribution in [1.29, 1.82) is 0 Å². The van der Waals surface area contributed by atoms with Gasteiger partial charge in [-0.1, -0.05) is 0 Å². The minimum Gasteiger partial charge on any atom is -0.495 e. The zero-order chi connectivity index (χ0) is 16.2. The number of carbonyl (C=O) groups excluding carboxylic acids is 1. The fourth-order valence-electron chi connectivity index (χ4n) is 2.44. The number of morpholine rings is 1. The van der Waals surface area contributed by atoms with E-state index in [0.29, 0.717) is 37.0 Å². The van der Waals surface area contributed by atoms with E-state index in [-0.39, 0.29) is 18.4 Å². The van der Waals surface area contributed by atoms with Crippen LogP contribution in [-0.4, -0.2) is 57.8 Å². The standard InChI is InChI=1S/C15H19N5O3/c1-10-17-15(19-18-10)13-9-20(5-6-23-13)14(21)7-11-3-4-12(22-2)8-16-11/h3-4,8,13H,5-7,9H2,1-2H3,(H,17,18,19). The molecule has 0 spiro atoms. The van der Waals surface area contributed by atoms with Gasteiger partial charge < -0.3 is 14.4 Å². The summed E-state index contributed by atoms with van der Waals surface area (Å²) in [5, 5.41) is 6.91. The zero-order valence-electron chi connectivity index (χ0n) is 13.2. The van der Waals surface area contributed by atoms with Crippen LogP contribution < -0.4 is 4.74 Å². The van der Waals surface area contributed by atoms with Crippen molar-refractivity contribution in [2.45, 2.75) is 19.4 Å². The highest BCUT2D eigenvalue weighted by atomic mass is 16.5. The van der Waals surface area contributed by atoms with Gasteiger partial charge in [0.15, 0.2) is 5.82 Å². The highest BCUT2D eigenvalue weighted by Crippen LogP contribution is 2.19. The minimum atomic E-state index is -0.290. The number of carbonyl (C=O) groups is 1. The van der Waals surface area contributed by atoms with Crippen LogP contribution in [0.5, 0.6) is 5.75 Å². The van der Waals surface area contributed by atoms with Gasteiger partial charge in [0.05, 0.1) is 32.9 Å². The van der Waals surface area contributed by atoms with Gasteiger partial charge in [-0.3, -0.25) is 14.9 Å². The van der Waals surface area contributed by atoms with Gasteiger partial charge in [0.25, 0.3) is 0 Å². The number of hydrogen-bond acceptors (Lipinski definition) is 6. The lowest BCUT2D eigenvalue weighted by Crippen LogP contribution is -2.43. The van der Waals surface area contributed by atoms with Crippen LogP contribution in [0.3, 0.4) is 0 Å². The van der Waals surface area contributed by atoms with E-state index < -0.39 is 0 Å². The van der Waals surface area contributed by atoms with Crippen molar-refractivity contribution in [2.75, 3.05) is 26.8 Å². The third kappa shape index (κ3) is 3.65. The molecule has 1 aliphatic rings. The molecule has 1 fully saturated rings. The van der Waals surface area contributed by atoms with E-state index in [1.54, 1.807) is 30.3 Å². The molecule has 1 aliphatic heterocycles. The van der Waals surface area contributed by atoms with Gasteiger partial charge in [0.2, 0.25) is 5.91 Å². The van der Waals surface area contributed by atoms with Gasteiger partial charge in [-0.15, -0.1) is 0 Å². The van der Waals surface area contributed by atoms with Crippen LogP contribution in [0.25, 0.3) is 0 Å². The molecular formula is C15H19N5O3. The van der Waals surface area contributed by atoms with E-state index >= 15 is 0 Å². The van der Waals surface area contributed by atoms with Crippen molar-refractivity contribution in [1.82, 2.24) is 25.1 Å². The lowest BCUT2D eigenvalue weighted by atomic mass is 10.2. The first-order chi connectivity index (χ1) is 11.2. The third-order valence-electron chi connectivity index (χ3n) is 3.69. The highest BCUT2D eigenvalue weighted by Gasteiger charge is 2.28. The van der Waals surface area contributed by atoms with Crippen LogP contribution in [0.15, 0.2) is 18.3 Å². The number of nitrogens with one attached hydrogen (secondary N) is 1. The average Bonchev–Trinajstić information content (AvgIpc) is 3.02. The van der Waals surface area contributed by atoms with Crippen LogP contribution in [0.4, 0.5) is 0 Å². The number of amides is 1. The summed E-state index contributed by atoms with van der Waals surface area (Å²) in [6.45, 7) is 3.32. The summed E-state index contributed by atoms with van der Waals surface area (Å²) in [5.41, 5.74) is 0.715. The molecule has 1 unspecified atom stereocenters. The fraction of sp³-hybridized carbons (Fsp3) is 0.467. The number of aromatic nitrogens is 4. The number of rotatable bonds is 4. The molecule has 23 heavy (non-hydrogen) atoms. The predicted octanol–water partition coefficient (Wildman–Crippen LogP) is 0.659. The van der Waals surface area contributed by atoms with E-state index in [1.807, 2.05) is 6.92 Å². The van der Waals surface area contributed by atoms with Crippen molar-refractivity contribution in [3.63, 3.8) is 0 Å². The smallest absolute Gasteiger partial charge is 0.228 e. The van der Waals surface area contributed by atoms with Crippen LogP contribution in [0.1, 0.15) is 23.4 Å². The topological polar surface area (TPSA) is 93.2 Å². The van der Waals surface area contributed by atoms with Gasteiger partial charge in [-0.2, -0.15) is 5.10 Å². The summed E-state index contributed by atoms with van der Waals surface area (Å²) in [7, 11) is 1.58. The number of methoxy groups -OCH3 is 1. The normalized spacial score (nSPS) is 18.0. The lowest BCUT2D eigenvalue weighted by molar-refractivity contribution is -0.138. The van der Waals surface area contributed by atoms with Gasteiger partial charge in [-0.25, -0.2) is 4.98 Å². The summed E-state index contributed by atoms with van der Waals surface area (Å²) in [4.78, 5) is 22.7. The maximum Gasteiger partial charge on any atom is 0.228 e. The van der Waals surface area contributed by atoms with E-state index in [2.05, 4.69) is 20.2 Å². The molecule has 2 aromatic rings. The van der Waals surface area contributed by atoms with Crippen LogP contribution in [0, 0.1) is 6.92 Å². The molecule has 1 amide bonds. The molecule has 0 aromatic carbocycles. The first-order valence-electron chi connectivity index (χ1n) is 7.43. The maximum atomic E-state index is 12.5. The molecule has 0 radical (unpaired) electrons. The first kappa shape index (κ1) is 15.4. The summed E-state index contributed by atoms with van der Waals surface area (Å²) >= 11 is 0. The number of H-pyrrole nitrogens is 1. The largest absolute Gasteiger partial charge is 0.495 e. The third-order valence-corrected chi connectivity index (χ3v) is 3.69. The maximum absolute atomic E-state index is 12.5. The van der Waals surface area contributed by atoms with Crippen molar-refractivity contribution < 1.29 is 14.3 Å². The summed E-state index contributed by atoms with van der Waals surface area (Å²) in [6, 6.07) is 3.60. The van der Waals surface area contributed by atoms with E-state index in [4.69, 9.17) is 9.47 Å². The lowest BCUT2D eigenvalue weighted by Gasteiger charge is -2.31.